The number of carbonyl (C=O) groups excluding carboxylic acids is 2. The van der Waals surface area contributed by atoms with Crippen LogP contribution in [0, 0.1) is 6.92 Å². The second-order valence-corrected chi connectivity index (χ2v) is 5.93. The SMILES string of the molecule is CCOCCN(C(=O)Oc1cccc(NC(=O)OCC)c1)c1cccc(C)c1. The maximum atomic E-state index is 12.8. The van der Waals surface area contributed by atoms with Crippen LogP contribution < -0.4 is 15.0 Å². The van der Waals surface area contributed by atoms with Gasteiger partial charge in [-0.15, -0.1) is 0 Å². The molecule has 150 valence electrons. The summed E-state index contributed by atoms with van der Waals surface area (Å²) in [6.07, 6.45) is -1.09. The monoisotopic (exact) mass is 386 g/mol. The van der Waals surface area contributed by atoms with Gasteiger partial charge in [0.1, 0.15) is 5.75 Å². The first kappa shape index (κ1) is 21.2. The molecule has 0 aliphatic rings. The predicted molar refractivity (Wildman–Crippen MR) is 108 cm³/mol. The highest BCUT2D eigenvalue weighted by molar-refractivity contribution is 5.90. The highest BCUT2D eigenvalue weighted by Gasteiger charge is 2.18. The van der Waals surface area contributed by atoms with Crippen LogP contribution in [0.4, 0.5) is 21.0 Å². The van der Waals surface area contributed by atoms with Gasteiger partial charge in [0.05, 0.1) is 19.8 Å². The van der Waals surface area contributed by atoms with Crippen molar-refractivity contribution in [1.29, 1.82) is 0 Å². The number of hydrogen-bond donors (Lipinski definition) is 1. The average Bonchev–Trinajstić information content (AvgIpc) is 2.65. The summed E-state index contributed by atoms with van der Waals surface area (Å²) in [7, 11) is 0. The molecule has 0 aliphatic heterocycles. The highest BCUT2D eigenvalue weighted by Crippen LogP contribution is 2.21. The summed E-state index contributed by atoms with van der Waals surface area (Å²) in [4.78, 5) is 25.9. The maximum Gasteiger partial charge on any atom is 0.419 e. The van der Waals surface area contributed by atoms with Crippen LogP contribution in [0.5, 0.6) is 5.75 Å². The minimum absolute atomic E-state index is 0.270. The lowest BCUT2D eigenvalue weighted by molar-refractivity contribution is 0.151. The van der Waals surface area contributed by atoms with E-state index in [0.29, 0.717) is 31.2 Å². The van der Waals surface area contributed by atoms with Crippen molar-refractivity contribution in [2.24, 2.45) is 0 Å². The number of benzene rings is 2. The molecule has 2 aromatic carbocycles. The molecule has 0 heterocycles. The number of carbonyl (C=O) groups is 2. The number of anilines is 2. The molecule has 0 saturated carbocycles. The molecule has 2 aromatic rings. The van der Waals surface area contributed by atoms with E-state index >= 15 is 0 Å². The van der Waals surface area contributed by atoms with Gasteiger partial charge < -0.3 is 14.2 Å². The molecule has 0 spiro atoms. The normalized spacial score (nSPS) is 10.2. The molecule has 0 unspecified atom stereocenters. The zero-order chi connectivity index (χ0) is 20.4. The third-order valence-corrected chi connectivity index (χ3v) is 3.76. The highest BCUT2D eigenvalue weighted by atomic mass is 16.6. The van der Waals surface area contributed by atoms with Gasteiger partial charge in [-0.25, -0.2) is 9.59 Å². The van der Waals surface area contributed by atoms with Gasteiger partial charge >= 0.3 is 12.2 Å². The van der Waals surface area contributed by atoms with Crippen LogP contribution in [0.15, 0.2) is 48.5 Å². The minimum Gasteiger partial charge on any atom is -0.450 e. The Morgan fingerprint density at radius 2 is 1.82 bits per heavy atom. The fourth-order valence-electron chi connectivity index (χ4n) is 2.50. The van der Waals surface area contributed by atoms with Crippen LogP contribution in [0.2, 0.25) is 0 Å². The molecule has 0 fully saturated rings. The van der Waals surface area contributed by atoms with Crippen LogP contribution in [0.25, 0.3) is 0 Å². The zero-order valence-corrected chi connectivity index (χ0v) is 16.4. The van der Waals surface area contributed by atoms with E-state index in [2.05, 4.69) is 5.32 Å². The Morgan fingerprint density at radius 3 is 2.54 bits per heavy atom. The Bertz CT molecular complexity index is 794. The van der Waals surface area contributed by atoms with Crippen molar-refractivity contribution in [3.8, 4) is 5.75 Å². The Kier molecular flexibility index (Phi) is 8.30. The fraction of sp³-hybridized carbons (Fsp3) is 0.333. The van der Waals surface area contributed by atoms with Gasteiger partial charge in [-0.1, -0.05) is 18.2 Å². The molecule has 0 aliphatic carbocycles. The van der Waals surface area contributed by atoms with Crippen LogP contribution >= 0.6 is 0 Å². The van der Waals surface area contributed by atoms with Crippen LogP contribution in [0.3, 0.4) is 0 Å². The molecular formula is C21H26N2O5. The molecule has 1 N–H and O–H groups in total. The minimum atomic E-state index is -0.566. The number of nitrogens with zero attached hydrogens (tertiary/aromatic N) is 1. The van der Waals surface area contributed by atoms with Crippen molar-refractivity contribution in [2.75, 3.05) is 36.6 Å². The Labute approximate surface area is 165 Å². The first-order valence-corrected chi connectivity index (χ1v) is 9.21. The first-order chi connectivity index (χ1) is 13.5. The third kappa shape index (κ3) is 6.59. The fourth-order valence-corrected chi connectivity index (χ4v) is 2.50. The largest absolute Gasteiger partial charge is 0.450 e. The van der Waals surface area contributed by atoms with Crippen LogP contribution in [-0.2, 0) is 9.47 Å². The predicted octanol–water partition coefficient (Wildman–Crippen LogP) is 4.61. The second-order valence-electron chi connectivity index (χ2n) is 5.93. The standard InChI is InChI=1S/C21H26N2O5/c1-4-26-13-12-23(18-10-6-8-16(3)14-18)21(25)28-19-11-7-9-17(15-19)22-20(24)27-5-2/h6-11,14-15H,4-5,12-13H2,1-3H3,(H,22,24). The van der Waals surface area contributed by atoms with Crippen molar-refractivity contribution in [3.05, 3.63) is 54.1 Å². The smallest absolute Gasteiger partial charge is 0.419 e. The number of amides is 2. The summed E-state index contributed by atoms with van der Waals surface area (Å²) >= 11 is 0. The molecule has 0 aromatic heterocycles. The van der Waals surface area contributed by atoms with Crippen molar-refractivity contribution < 1.29 is 23.8 Å². The van der Waals surface area contributed by atoms with E-state index < -0.39 is 12.2 Å². The van der Waals surface area contributed by atoms with Gasteiger partial charge in [0.15, 0.2) is 0 Å². The summed E-state index contributed by atoms with van der Waals surface area (Å²) < 4.78 is 15.8. The molecule has 28 heavy (non-hydrogen) atoms. The van der Waals surface area contributed by atoms with Crippen LogP contribution in [0.1, 0.15) is 19.4 Å². The van der Waals surface area contributed by atoms with Gasteiger partial charge in [-0.05, 0) is 50.6 Å². The molecular weight excluding hydrogens is 360 g/mol. The summed E-state index contributed by atoms with van der Waals surface area (Å²) in [5.41, 5.74) is 2.23. The van der Waals surface area contributed by atoms with Gasteiger partial charge in [0.25, 0.3) is 0 Å². The van der Waals surface area contributed by atoms with E-state index in [-0.39, 0.29) is 6.61 Å². The lowest BCUT2D eigenvalue weighted by atomic mass is 10.2. The Hall–Kier alpha value is -3.06. The van der Waals surface area contributed by atoms with E-state index in [0.717, 1.165) is 11.3 Å². The molecule has 0 atom stereocenters. The lowest BCUT2D eigenvalue weighted by Crippen LogP contribution is -2.36. The average molecular weight is 386 g/mol. The molecule has 0 saturated heterocycles. The van der Waals surface area contributed by atoms with E-state index in [9.17, 15) is 9.59 Å². The lowest BCUT2D eigenvalue weighted by Gasteiger charge is -2.22. The second kappa shape index (κ2) is 10.9. The Morgan fingerprint density at radius 1 is 1.04 bits per heavy atom. The van der Waals surface area contributed by atoms with E-state index in [4.69, 9.17) is 14.2 Å². The number of ether oxygens (including phenoxy) is 3. The molecule has 2 amide bonds. The molecule has 7 nitrogen and oxygen atoms in total. The van der Waals surface area contributed by atoms with Gasteiger partial charge in [0.2, 0.25) is 0 Å². The van der Waals surface area contributed by atoms with E-state index in [1.807, 2.05) is 38.1 Å². The van der Waals surface area contributed by atoms with Crippen molar-refractivity contribution in [1.82, 2.24) is 0 Å². The van der Waals surface area contributed by atoms with Gasteiger partial charge in [0, 0.05) is 24.0 Å². The van der Waals surface area contributed by atoms with Crippen molar-refractivity contribution in [2.45, 2.75) is 20.8 Å². The third-order valence-electron chi connectivity index (χ3n) is 3.76. The first-order valence-electron chi connectivity index (χ1n) is 9.21. The summed E-state index contributed by atoms with van der Waals surface area (Å²) in [6.45, 7) is 7.17. The molecule has 2 rings (SSSR count). The number of nitrogens with one attached hydrogen (secondary N) is 1. The van der Waals surface area contributed by atoms with Gasteiger partial charge in [-0.2, -0.15) is 0 Å². The topological polar surface area (TPSA) is 77.1 Å². The Balaban J connectivity index is 2.12. The van der Waals surface area contributed by atoms with Gasteiger partial charge in [-0.3, -0.25) is 10.2 Å². The summed E-state index contributed by atoms with van der Waals surface area (Å²) in [5, 5.41) is 2.58. The van der Waals surface area contributed by atoms with E-state index in [1.54, 1.807) is 31.2 Å². The quantitative estimate of drug-likeness (QED) is 0.671. The van der Waals surface area contributed by atoms with Crippen molar-refractivity contribution in [3.63, 3.8) is 0 Å². The molecule has 0 bridgehead atoms. The zero-order valence-electron chi connectivity index (χ0n) is 16.4. The van der Waals surface area contributed by atoms with Crippen molar-refractivity contribution >= 4 is 23.6 Å². The van der Waals surface area contributed by atoms with E-state index in [1.165, 1.54) is 4.90 Å². The summed E-state index contributed by atoms with van der Waals surface area (Å²) in [5.74, 6) is 0.313. The number of aryl methyl sites for hydroxylation is 1. The number of hydrogen-bond acceptors (Lipinski definition) is 5. The van der Waals surface area contributed by atoms with Crippen LogP contribution in [-0.4, -0.2) is 38.6 Å². The summed E-state index contributed by atoms with van der Waals surface area (Å²) in [6, 6.07) is 14.2. The number of rotatable bonds is 8. The molecule has 7 heteroatoms. The maximum absolute atomic E-state index is 12.8. The molecule has 0 radical (unpaired) electrons.